The van der Waals surface area contributed by atoms with E-state index < -0.39 is 0 Å². The Hall–Kier alpha value is 0.680. The van der Waals surface area contributed by atoms with Crippen molar-refractivity contribution in [1.82, 2.24) is 0 Å². The van der Waals surface area contributed by atoms with Crippen LogP contribution in [0.5, 0.6) is 0 Å². The maximum absolute atomic E-state index is 4.81. The second-order valence-corrected chi connectivity index (χ2v) is 2.19. The van der Waals surface area contributed by atoms with Gasteiger partial charge in [0.15, 0.2) is 0 Å². The molecule has 0 saturated carbocycles. The maximum Gasteiger partial charge on any atom is 0.0644 e. The van der Waals surface area contributed by atoms with Crippen LogP contribution in [-0.2, 0) is 4.08 Å². The minimum atomic E-state index is 0.463. The molecule has 3 heteroatoms. The van der Waals surface area contributed by atoms with E-state index in [9.17, 15) is 0 Å². The van der Waals surface area contributed by atoms with Gasteiger partial charge in [-0.05, 0) is 6.16 Å². The van der Waals surface area contributed by atoms with Crippen molar-refractivity contribution in [2.45, 2.75) is 6.92 Å². The number of halogens is 1. The van der Waals surface area contributed by atoms with Gasteiger partial charge in [-0.15, -0.1) is 0 Å². The number of rotatable bonds is 2. The van der Waals surface area contributed by atoms with Crippen LogP contribution in [0.15, 0.2) is 0 Å². The summed E-state index contributed by atoms with van der Waals surface area (Å²) in [6.07, 6.45) is 1.02. The van der Waals surface area contributed by atoms with E-state index in [0.29, 0.717) is 8.81 Å². The van der Waals surface area contributed by atoms with Crippen molar-refractivity contribution in [3.8, 4) is 0 Å². The molecule has 0 aromatic rings. The van der Waals surface area contributed by atoms with E-state index in [-0.39, 0.29) is 0 Å². The van der Waals surface area contributed by atoms with Crippen LogP contribution < -0.4 is 0 Å². The largest absolute Gasteiger partial charge is 0.260 e. The third-order valence-electron chi connectivity index (χ3n) is 0.199. The predicted octanol–water partition coefficient (Wildman–Crippen LogP) is 1.77. The van der Waals surface area contributed by atoms with Gasteiger partial charge < -0.3 is 0 Å². The average molecular weight is 112 g/mol. The maximum atomic E-state index is 4.81. The van der Waals surface area contributed by atoms with Crippen LogP contribution in [0, 0.1) is 0 Å². The van der Waals surface area contributed by atoms with Crippen LogP contribution in [-0.4, -0.2) is 6.16 Å². The molecule has 1 atom stereocenters. The van der Waals surface area contributed by atoms with Crippen molar-refractivity contribution >= 4 is 20.7 Å². The van der Waals surface area contributed by atoms with E-state index in [1.165, 1.54) is 0 Å². The third kappa shape index (κ3) is 4.68. The van der Waals surface area contributed by atoms with Crippen molar-refractivity contribution in [3.63, 3.8) is 0 Å². The smallest absolute Gasteiger partial charge is 0.0644 e. The molecule has 0 N–H and O–H groups in total. The first-order valence-electron chi connectivity index (χ1n) is 1.42. The van der Waals surface area contributed by atoms with E-state index in [4.69, 9.17) is 11.9 Å². The van der Waals surface area contributed by atoms with Crippen LogP contribution in [0.4, 0.5) is 0 Å². The van der Waals surface area contributed by atoms with E-state index >= 15 is 0 Å². The highest BCUT2D eigenvalue weighted by Crippen LogP contribution is 2.10. The van der Waals surface area contributed by atoms with Gasteiger partial charge in [-0.25, -0.2) is 0 Å². The van der Waals surface area contributed by atoms with Gasteiger partial charge in [0, 0.05) is 8.81 Å². The minimum absolute atomic E-state index is 0.463. The molecule has 0 rings (SSSR count). The van der Waals surface area contributed by atoms with Gasteiger partial charge in [-0.1, -0.05) is 6.92 Å². The molecule has 0 fully saturated rings. The molecule has 0 aromatic carbocycles. The molecule has 0 heterocycles. The summed E-state index contributed by atoms with van der Waals surface area (Å²) in [6.45, 7) is 2.01. The van der Waals surface area contributed by atoms with E-state index in [1.807, 2.05) is 6.92 Å². The van der Waals surface area contributed by atoms with Crippen molar-refractivity contribution in [2.75, 3.05) is 6.16 Å². The van der Waals surface area contributed by atoms with E-state index in [0.717, 1.165) is 6.16 Å². The fourth-order valence-corrected chi connectivity index (χ4v) is 0.491. The molecule has 0 radical (unpaired) electrons. The molecular formula is C2H6ClOP. The Balaban J connectivity index is 2.19. The summed E-state index contributed by atoms with van der Waals surface area (Å²) in [5.74, 6) is 0. The van der Waals surface area contributed by atoms with Gasteiger partial charge >= 0.3 is 0 Å². The zero-order valence-electron chi connectivity index (χ0n) is 2.99. The van der Waals surface area contributed by atoms with Crippen LogP contribution >= 0.6 is 20.7 Å². The molecular weight excluding hydrogens is 106 g/mol. The highest BCUT2D eigenvalue weighted by Gasteiger charge is 1.69. The Morgan fingerprint density at radius 2 is 2.60 bits per heavy atom. The summed E-state index contributed by atoms with van der Waals surface area (Å²) < 4.78 is 4.19. The SMILES string of the molecule is CCPOCl. The quantitative estimate of drug-likeness (QED) is 0.495. The Morgan fingerprint density at radius 3 is 2.60 bits per heavy atom. The second kappa shape index (κ2) is 4.68. The molecule has 32 valence electrons. The molecule has 0 amide bonds. The van der Waals surface area contributed by atoms with Gasteiger partial charge in [0.05, 0.1) is 11.9 Å². The first-order chi connectivity index (χ1) is 2.41. The molecule has 0 bridgehead atoms. The van der Waals surface area contributed by atoms with Crippen molar-refractivity contribution in [1.29, 1.82) is 0 Å². The molecule has 1 nitrogen and oxygen atoms in total. The highest BCUT2D eigenvalue weighted by atomic mass is 35.5. The first-order valence-corrected chi connectivity index (χ1v) is 2.84. The molecule has 0 saturated heterocycles. The molecule has 0 aliphatic heterocycles. The standard InChI is InChI=1S/C2H6ClOP/c1-2-5-4-3/h5H,2H2,1H3. The predicted molar refractivity (Wildman–Crippen MR) is 25.8 cm³/mol. The summed E-state index contributed by atoms with van der Waals surface area (Å²) >= 11 is 4.81. The Kier molecular flexibility index (Phi) is 5.32. The van der Waals surface area contributed by atoms with Gasteiger partial charge in [0.1, 0.15) is 0 Å². The summed E-state index contributed by atoms with van der Waals surface area (Å²) in [4.78, 5) is 0. The lowest BCUT2D eigenvalue weighted by Crippen LogP contribution is -1.52. The Labute approximate surface area is 38.7 Å². The van der Waals surface area contributed by atoms with E-state index in [1.54, 1.807) is 0 Å². The van der Waals surface area contributed by atoms with E-state index in [2.05, 4.69) is 4.08 Å². The zero-order valence-corrected chi connectivity index (χ0v) is 4.75. The second-order valence-electron chi connectivity index (χ2n) is 0.575. The molecule has 1 unspecified atom stereocenters. The van der Waals surface area contributed by atoms with Crippen LogP contribution in [0.2, 0.25) is 0 Å². The van der Waals surface area contributed by atoms with Crippen LogP contribution in [0.1, 0.15) is 6.92 Å². The lowest BCUT2D eigenvalue weighted by atomic mass is 11.0. The Bertz CT molecular complexity index is 17.1. The summed E-state index contributed by atoms with van der Waals surface area (Å²) in [5.41, 5.74) is 0. The highest BCUT2D eigenvalue weighted by molar-refractivity contribution is 7.33. The van der Waals surface area contributed by atoms with Crippen molar-refractivity contribution < 1.29 is 4.08 Å². The fourth-order valence-electron chi connectivity index (χ4n) is 0.0546. The molecule has 0 aliphatic rings. The topological polar surface area (TPSA) is 9.23 Å². The fraction of sp³-hybridized carbons (Fsp3) is 1.00. The van der Waals surface area contributed by atoms with Gasteiger partial charge in [0.25, 0.3) is 0 Å². The molecule has 5 heavy (non-hydrogen) atoms. The van der Waals surface area contributed by atoms with Gasteiger partial charge in [0.2, 0.25) is 0 Å². The summed E-state index contributed by atoms with van der Waals surface area (Å²) in [7, 11) is 0.463. The summed E-state index contributed by atoms with van der Waals surface area (Å²) in [5, 5.41) is 0. The van der Waals surface area contributed by atoms with Gasteiger partial charge in [-0.3, -0.25) is 4.08 Å². The third-order valence-corrected chi connectivity index (χ3v) is 0.924. The average Bonchev–Trinajstić information content (AvgIpc) is 1.41. The number of hydrogen-bond donors (Lipinski definition) is 0. The monoisotopic (exact) mass is 112 g/mol. The van der Waals surface area contributed by atoms with Crippen LogP contribution in [0.3, 0.4) is 0 Å². The van der Waals surface area contributed by atoms with Crippen molar-refractivity contribution in [3.05, 3.63) is 0 Å². The number of hydrogen-bond acceptors (Lipinski definition) is 1. The first kappa shape index (κ1) is 5.68. The van der Waals surface area contributed by atoms with Crippen LogP contribution in [0.25, 0.3) is 0 Å². The molecule has 0 aromatic heterocycles. The summed E-state index contributed by atoms with van der Waals surface area (Å²) in [6, 6.07) is 0. The molecule has 0 aliphatic carbocycles. The minimum Gasteiger partial charge on any atom is -0.260 e. The normalized spacial score (nSPS) is 10.8. The zero-order chi connectivity index (χ0) is 4.12. The molecule has 0 spiro atoms. The van der Waals surface area contributed by atoms with Crippen molar-refractivity contribution in [2.24, 2.45) is 0 Å². The lowest BCUT2D eigenvalue weighted by molar-refractivity contribution is 0.710. The van der Waals surface area contributed by atoms with Gasteiger partial charge in [-0.2, -0.15) is 0 Å². The Morgan fingerprint density at radius 1 is 2.00 bits per heavy atom. The lowest BCUT2D eigenvalue weighted by Gasteiger charge is -1.79.